The van der Waals surface area contributed by atoms with E-state index in [4.69, 9.17) is 4.74 Å². The number of esters is 1. The summed E-state index contributed by atoms with van der Waals surface area (Å²) >= 11 is 0. The van der Waals surface area contributed by atoms with Gasteiger partial charge >= 0.3 is 5.97 Å². The molecule has 1 heterocycles. The number of carbonyl (C=O) groups excluding carboxylic acids is 1. The molecule has 0 saturated heterocycles. The Labute approximate surface area is 111 Å². The highest BCUT2D eigenvalue weighted by molar-refractivity contribution is 5.76. The average molecular weight is 265 g/mol. The molecule has 0 amide bonds. The molecule has 0 spiro atoms. The minimum atomic E-state index is -0.509. The lowest BCUT2D eigenvalue weighted by atomic mass is 10.1. The van der Waals surface area contributed by atoms with Crippen LogP contribution in [0.15, 0.2) is 34.6 Å². The van der Waals surface area contributed by atoms with E-state index >= 15 is 0 Å². The van der Waals surface area contributed by atoms with Gasteiger partial charge in [-0.05, 0) is 31.5 Å². The molecule has 0 saturated carbocycles. The van der Waals surface area contributed by atoms with E-state index in [1.54, 1.807) is 24.1 Å². The lowest BCUT2D eigenvalue weighted by Crippen LogP contribution is -2.41. The fourth-order valence-corrected chi connectivity index (χ4v) is 1.97. The number of carbonyl (C=O) groups is 1. The van der Waals surface area contributed by atoms with Gasteiger partial charge in [0.05, 0.1) is 13.2 Å². The smallest absolute Gasteiger partial charge is 0.332 e. The predicted molar refractivity (Wildman–Crippen MR) is 66.7 cm³/mol. The third kappa shape index (κ3) is 3.07. The molecular weight excluding hydrogens is 249 g/mol. The van der Waals surface area contributed by atoms with Gasteiger partial charge in [-0.25, -0.2) is 9.18 Å². The standard InChI is InChI=1S/C13H16FN3O2/c1-3-19-13(18)12-9(2)15-16-17(12)8-10-4-6-11(14)7-5-10/h4-7,9,12H,3,8H2,1-2H3. The zero-order valence-electron chi connectivity index (χ0n) is 10.9. The number of hydrogen-bond donors (Lipinski definition) is 0. The van der Waals surface area contributed by atoms with E-state index in [9.17, 15) is 9.18 Å². The molecule has 1 aliphatic rings. The SMILES string of the molecule is CCOC(=O)C1C(C)N=NN1Cc1ccc(F)cc1. The summed E-state index contributed by atoms with van der Waals surface area (Å²) in [5.41, 5.74) is 0.865. The number of rotatable bonds is 4. The number of halogens is 1. The Morgan fingerprint density at radius 3 is 2.74 bits per heavy atom. The van der Waals surface area contributed by atoms with Crippen molar-refractivity contribution in [1.82, 2.24) is 5.01 Å². The van der Waals surface area contributed by atoms with E-state index in [2.05, 4.69) is 10.3 Å². The normalized spacial score (nSPS) is 21.7. The maximum atomic E-state index is 12.8. The number of nitrogens with zero attached hydrogens (tertiary/aromatic N) is 3. The molecule has 1 aromatic carbocycles. The van der Waals surface area contributed by atoms with E-state index in [0.29, 0.717) is 13.2 Å². The second-order valence-electron chi connectivity index (χ2n) is 4.37. The van der Waals surface area contributed by atoms with Crippen LogP contribution in [-0.2, 0) is 16.1 Å². The first-order valence-corrected chi connectivity index (χ1v) is 6.20. The highest BCUT2D eigenvalue weighted by Crippen LogP contribution is 2.21. The molecule has 0 N–H and O–H groups in total. The monoisotopic (exact) mass is 265 g/mol. The second-order valence-corrected chi connectivity index (χ2v) is 4.37. The van der Waals surface area contributed by atoms with E-state index < -0.39 is 6.04 Å². The van der Waals surface area contributed by atoms with Gasteiger partial charge in [-0.1, -0.05) is 17.4 Å². The zero-order chi connectivity index (χ0) is 13.8. The van der Waals surface area contributed by atoms with Crippen molar-refractivity contribution in [2.24, 2.45) is 10.3 Å². The van der Waals surface area contributed by atoms with Crippen LogP contribution >= 0.6 is 0 Å². The summed E-state index contributed by atoms with van der Waals surface area (Å²) in [5.74, 6) is -0.621. The third-order valence-corrected chi connectivity index (χ3v) is 2.91. The molecule has 2 atom stereocenters. The Bertz CT molecular complexity index is 475. The summed E-state index contributed by atoms with van der Waals surface area (Å²) in [4.78, 5) is 11.9. The van der Waals surface area contributed by atoms with Crippen LogP contribution in [-0.4, -0.2) is 29.7 Å². The second kappa shape index (κ2) is 5.77. The van der Waals surface area contributed by atoms with Gasteiger partial charge in [0.15, 0.2) is 6.04 Å². The predicted octanol–water partition coefficient (Wildman–Crippen LogP) is 2.33. The van der Waals surface area contributed by atoms with Gasteiger partial charge < -0.3 is 4.74 Å². The van der Waals surface area contributed by atoms with Crippen LogP contribution in [0, 0.1) is 5.82 Å². The lowest BCUT2D eigenvalue weighted by Gasteiger charge is -2.22. The molecule has 0 fully saturated rings. The molecule has 0 radical (unpaired) electrons. The molecule has 102 valence electrons. The molecule has 5 nitrogen and oxygen atoms in total. The quantitative estimate of drug-likeness (QED) is 0.785. The third-order valence-electron chi connectivity index (χ3n) is 2.91. The van der Waals surface area contributed by atoms with Gasteiger partial charge in [-0.2, -0.15) is 5.11 Å². The molecule has 2 rings (SSSR count). The van der Waals surface area contributed by atoms with Crippen molar-refractivity contribution in [3.63, 3.8) is 0 Å². The van der Waals surface area contributed by atoms with Crippen LogP contribution in [0.5, 0.6) is 0 Å². The van der Waals surface area contributed by atoms with Crippen LogP contribution in [0.3, 0.4) is 0 Å². The Balaban J connectivity index is 2.08. The van der Waals surface area contributed by atoms with Crippen LogP contribution in [0.25, 0.3) is 0 Å². The summed E-state index contributed by atoms with van der Waals surface area (Å²) in [6.45, 7) is 4.30. The fraction of sp³-hybridized carbons (Fsp3) is 0.462. The van der Waals surface area contributed by atoms with Gasteiger partial charge in [0.2, 0.25) is 0 Å². The number of hydrogen-bond acceptors (Lipinski definition) is 5. The summed E-state index contributed by atoms with van der Waals surface area (Å²) in [7, 11) is 0. The minimum absolute atomic E-state index is 0.237. The highest BCUT2D eigenvalue weighted by atomic mass is 19.1. The van der Waals surface area contributed by atoms with E-state index in [1.807, 2.05) is 6.92 Å². The van der Waals surface area contributed by atoms with Gasteiger partial charge in [0, 0.05) is 0 Å². The van der Waals surface area contributed by atoms with Crippen molar-refractivity contribution < 1.29 is 13.9 Å². The van der Waals surface area contributed by atoms with E-state index in [-0.39, 0.29) is 17.8 Å². The van der Waals surface area contributed by atoms with Crippen LogP contribution < -0.4 is 0 Å². The van der Waals surface area contributed by atoms with Crippen molar-refractivity contribution in [3.8, 4) is 0 Å². The van der Waals surface area contributed by atoms with Crippen molar-refractivity contribution in [2.45, 2.75) is 32.5 Å². The van der Waals surface area contributed by atoms with Gasteiger partial charge in [0.25, 0.3) is 0 Å². The van der Waals surface area contributed by atoms with Crippen molar-refractivity contribution in [3.05, 3.63) is 35.6 Å². The molecule has 19 heavy (non-hydrogen) atoms. The van der Waals surface area contributed by atoms with E-state index in [0.717, 1.165) is 5.56 Å². The highest BCUT2D eigenvalue weighted by Gasteiger charge is 2.36. The van der Waals surface area contributed by atoms with Gasteiger partial charge in [-0.3, -0.25) is 5.01 Å². The lowest BCUT2D eigenvalue weighted by molar-refractivity contribution is -0.149. The number of benzene rings is 1. The molecule has 0 bridgehead atoms. The summed E-state index contributed by atoms with van der Waals surface area (Å²) in [5, 5.41) is 9.55. The zero-order valence-corrected chi connectivity index (χ0v) is 10.9. The molecule has 6 heteroatoms. The summed E-state index contributed by atoms with van der Waals surface area (Å²) in [6.07, 6.45) is 0. The van der Waals surface area contributed by atoms with Crippen LogP contribution in [0.2, 0.25) is 0 Å². The Morgan fingerprint density at radius 1 is 1.42 bits per heavy atom. The van der Waals surface area contributed by atoms with Crippen LogP contribution in [0.4, 0.5) is 4.39 Å². The molecule has 1 aromatic rings. The molecule has 1 aliphatic heterocycles. The van der Waals surface area contributed by atoms with Crippen molar-refractivity contribution in [2.75, 3.05) is 6.61 Å². The first-order chi connectivity index (χ1) is 9.11. The van der Waals surface area contributed by atoms with E-state index in [1.165, 1.54) is 12.1 Å². The number of ether oxygens (including phenoxy) is 1. The minimum Gasteiger partial charge on any atom is -0.464 e. The Hall–Kier alpha value is -1.98. The first-order valence-electron chi connectivity index (χ1n) is 6.20. The Morgan fingerprint density at radius 2 is 2.11 bits per heavy atom. The topological polar surface area (TPSA) is 54.3 Å². The molecular formula is C13H16FN3O2. The fourth-order valence-electron chi connectivity index (χ4n) is 1.97. The first kappa shape index (κ1) is 13.5. The Kier molecular flexibility index (Phi) is 4.09. The summed E-state index contributed by atoms with van der Waals surface area (Å²) < 4.78 is 17.9. The molecule has 2 unspecified atom stereocenters. The maximum Gasteiger partial charge on any atom is 0.332 e. The molecule has 0 aliphatic carbocycles. The average Bonchev–Trinajstić information content (AvgIpc) is 2.74. The maximum absolute atomic E-state index is 12.8. The molecule has 0 aromatic heterocycles. The van der Waals surface area contributed by atoms with Crippen molar-refractivity contribution in [1.29, 1.82) is 0 Å². The van der Waals surface area contributed by atoms with Crippen LogP contribution in [0.1, 0.15) is 19.4 Å². The van der Waals surface area contributed by atoms with Gasteiger partial charge in [0.1, 0.15) is 11.9 Å². The largest absolute Gasteiger partial charge is 0.464 e. The van der Waals surface area contributed by atoms with Gasteiger partial charge in [-0.15, -0.1) is 0 Å². The summed E-state index contributed by atoms with van der Waals surface area (Å²) in [6, 6.07) is 5.34. The van der Waals surface area contributed by atoms with Crippen molar-refractivity contribution >= 4 is 5.97 Å².